The van der Waals surface area contributed by atoms with Gasteiger partial charge in [-0.1, -0.05) is 13.3 Å². The van der Waals surface area contributed by atoms with E-state index in [1.165, 1.54) is 0 Å². The molecule has 3 amide bonds. The SMILES string of the molecule is CCCC1(CNC(=O)NC(CC(N)=O)C(=O)O)CC1. The van der Waals surface area contributed by atoms with Gasteiger partial charge in [-0.05, 0) is 24.7 Å². The van der Waals surface area contributed by atoms with Crippen molar-refractivity contribution < 1.29 is 19.5 Å². The monoisotopic (exact) mass is 271 g/mol. The number of carboxylic acids is 1. The normalized spacial score (nSPS) is 17.3. The van der Waals surface area contributed by atoms with Gasteiger partial charge in [-0.25, -0.2) is 9.59 Å². The van der Waals surface area contributed by atoms with Crippen molar-refractivity contribution in [1.29, 1.82) is 0 Å². The number of urea groups is 1. The van der Waals surface area contributed by atoms with Crippen molar-refractivity contribution in [3.8, 4) is 0 Å². The van der Waals surface area contributed by atoms with Gasteiger partial charge in [0.15, 0.2) is 0 Å². The molecule has 0 aromatic rings. The largest absolute Gasteiger partial charge is 0.480 e. The molecule has 1 aliphatic carbocycles. The van der Waals surface area contributed by atoms with Crippen LogP contribution in [0, 0.1) is 5.41 Å². The van der Waals surface area contributed by atoms with E-state index in [1.807, 2.05) is 0 Å². The second kappa shape index (κ2) is 6.40. The quantitative estimate of drug-likeness (QED) is 0.503. The highest BCUT2D eigenvalue weighted by atomic mass is 16.4. The molecule has 7 nitrogen and oxygen atoms in total. The number of carbonyl (C=O) groups excluding carboxylic acids is 2. The number of hydrogen-bond acceptors (Lipinski definition) is 3. The minimum atomic E-state index is -1.28. The zero-order chi connectivity index (χ0) is 14.5. The van der Waals surface area contributed by atoms with Crippen molar-refractivity contribution in [2.75, 3.05) is 6.54 Å². The molecule has 0 radical (unpaired) electrons. The summed E-state index contributed by atoms with van der Waals surface area (Å²) in [6.07, 6.45) is 3.87. The number of carbonyl (C=O) groups is 3. The Morgan fingerprint density at radius 1 is 1.37 bits per heavy atom. The van der Waals surface area contributed by atoms with Crippen LogP contribution in [-0.2, 0) is 9.59 Å². The van der Waals surface area contributed by atoms with Gasteiger partial charge in [-0.2, -0.15) is 0 Å². The molecule has 0 spiro atoms. The molecule has 1 fully saturated rings. The smallest absolute Gasteiger partial charge is 0.326 e. The molecule has 19 heavy (non-hydrogen) atoms. The van der Waals surface area contributed by atoms with Gasteiger partial charge in [-0.3, -0.25) is 4.79 Å². The fourth-order valence-corrected chi connectivity index (χ4v) is 2.10. The minimum Gasteiger partial charge on any atom is -0.480 e. The van der Waals surface area contributed by atoms with E-state index in [2.05, 4.69) is 17.6 Å². The first-order chi connectivity index (χ1) is 8.88. The lowest BCUT2D eigenvalue weighted by Crippen LogP contribution is -2.48. The van der Waals surface area contributed by atoms with Crippen LogP contribution in [0.25, 0.3) is 0 Å². The number of rotatable bonds is 8. The molecule has 0 heterocycles. The molecule has 1 atom stereocenters. The molecule has 1 saturated carbocycles. The van der Waals surface area contributed by atoms with Crippen LogP contribution in [0.2, 0.25) is 0 Å². The van der Waals surface area contributed by atoms with E-state index < -0.39 is 30.4 Å². The average molecular weight is 271 g/mol. The third kappa shape index (κ3) is 5.15. The van der Waals surface area contributed by atoms with Gasteiger partial charge in [0.1, 0.15) is 6.04 Å². The van der Waals surface area contributed by atoms with E-state index in [-0.39, 0.29) is 5.41 Å². The maximum atomic E-state index is 11.6. The highest BCUT2D eigenvalue weighted by molar-refractivity contribution is 5.87. The number of nitrogens with one attached hydrogen (secondary N) is 2. The Kier molecular flexibility index (Phi) is 5.14. The number of nitrogens with two attached hydrogens (primary N) is 1. The summed E-state index contributed by atoms with van der Waals surface area (Å²) in [5.41, 5.74) is 5.11. The molecule has 0 aliphatic heterocycles. The van der Waals surface area contributed by atoms with Gasteiger partial charge in [-0.15, -0.1) is 0 Å². The standard InChI is InChI=1S/C12H21N3O4/c1-2-3-12(4-5-12)7-14-11(19)15-8(10(17)18)6-9(13)16/h8H,2-7H2,1H3,(H2,13,16)(H,17,18)(H2,14,15,19). The predicted molar refractivity (Wildman–Crippen MR) is 68.3 cm³/mol. The number of hydrogen-bond donors (Lipinski definition) is 4. The Morgan fingerprint density at radius 3 is 2.42 bits per heavy atom. The molecule has 0 saturated heterocycles. The number of aliphatic carboxylic acids is 1. The van der Waals surface area contributed by atoms with E-state index >= 15 is 0 Å². The van der Waals surface area contributed by atoms with Crippen LogP contribution in [0.1, 0.15) is 39.0 Å². The summed E-state index contributed by atoms with van der Waals surface area (Å²) >= 11 is 0. The third-order valence-electron chi connectivity index (χ3n) is 3.37. The number of primary amides is 1. The van der Waals surface area contributed by atoms with Gasteiger partial charge in [0.2, 0.25) is 5.91 Å². The number of carboxylic acid groups (broad SMARTS) is 1. The van der Waals surface area contributed by atoms with Crippen LogP contribution < -0.4 is 16.4 Å². The summed E-state index contributed by atoms with van der Waals surface area (Å²) < 4.78 is 0. The van der Waals surface area contributed by atoms with Crippen LogP contribution >= 0.6 is 0 Å². The lowest BCUT2D eigenvalue weighted by Gasteiger charge is -2.17. The molecule has 0 aromatic heterocycles. The van der Waals surface area contributed by atoms with Crippen molar-refractivity contribution in [1.82, 2.24) is 10.6 Å². The molecule has 1 aliphatic rings. The zero-order valence-electron chi connectivity index (χ0n) is 11.1. The number of amides is 3. The fourth-order valence-electron chi connectivity index (χ4n) is 2.10. The second-order valence-corrected chi connectivity index (χ2v) is 5.14. The second-order valence-electron chi connectivity index (χ2n) is 5.14. The molecule has 0 bridgehead atoms. The van der Waals surface area contributed by atoms with Crippen molar-refractivity contribution in [3.05, 3.63) is 0 Å². The van der Waals surface area contributed by atoms with Gasteiger partial charge < -0.3 is 21.5 Å². The summed E-state index contributed by atoms with van der Waals surface area (Å²) in [5.74, 6) is -2.04. The van der Waals surface area contributed by atoms with Gasteiger partial charge in [0.05, 0.1) is 6.42 Å². The molecule has 5 N–H and O–H groups in total. The van der Waals surface area contributed by atoms with Gasteiger partial charge in [0.25, 0.3) is 0 Å². The average Bonchev–Trinajstić information content (AvgIpc) is 3.06. The van der Waals surface area contributed by atoms with E-state index in [4.69, 9.17) is 10.8 Å². The summed E-state index contributed by atoms with van der Waals surface area (Å²) in [5, 5.41) is 13.7. The Morgan fingerprint density at radius 2 is 2.00 bits per heavy atom. The maximum absolute atomic E-state index is 11.6. The van der Waals surface area contributed by atoms with Crippen molar-refractivity contribution >= 4 is 17.9 Å². The summed E-state index contributed by atoms with van der Waals surface area (Å²) in [4.78, 5) is 33.1. The first-order valence-corrected chi connectivity index (χ1v) is 6.44. The zero-order valence-corrected chi connectivity index (χ0v) is 11.1. The van der Waals surface area contributed by atoms with Gasteiger partial charge >= 0.3 is 12.0 Å². The predicted octanol–water partition coefficient (Wildman–Crippen LogP) is 0.195. The third-order valence-corrected chi connectivity index (χ3v) is 3.37. The first-order valence-electron chi connectivity index (χ1n) is 6.44. The van der Waals surface area contributed by atoms with Crippen LogP contribution in [0.15, 0.2) is 0 Å². The minimum absolute atomic E-state index is 0.189. The lowest BCUT2D eigenvalue weighted by molar-refractivity contribution is -0.140. The van der Waals surface area contributed by atoms with E-state index in [0.717, 1.165) is 25.7 Å². The summed E-state index contributed by atoms with van der Waals surface area (Å²) in [6.45, 7) is 2.63. The van der Waals surface area contributed by atoms with Crippen molar-refractivity contribution in [2.45, 2.75) is 45.1 Å². The molecule has 7 heteroatoms. The summed E-state index contributed by atoms with van der Waals surface area (Å²) in [7, 11) is 0. The van der Waals surface area contributed by atoms with Crippen LogP contribution in [0.3, 0.4) is 0 Å². The molecule has 108 valence electrons. The van der Waals surface area contributed by atoms with Crippen LogP contribution in [-0.4, -0.2) is 35.6 Å². The highest BCUT2D eigenvalue weighted by Gasteiger charge is 2.41. The van der Waals surface area contributed by atoms with Crippen LogP contribution in [0.5, 0.6) is 0 Å². The van der Waals surface area contributed by atoms with Crippen molar-refractivity contribution in [3.63, 3.8) is 0 Å². The van der Waals surface area contributed by atoms with Crippen LogP contribution in [0.4, 0.5) is 4.79 Å². The molecular formula is C12H21N3O4. The highest BCUT2D eigenvalue weighted by Crippen LogP contribution is 2.48. The Bertz CT molecular complexity index is 366. The van der Waals surface area contributed by atoms with E-state index in [9.17, 15) is 14.4 Å². The molecule has 0 aromatic carbocycles. The fraction of sp³-hybridized carbons (Fsp3) is 0.750. The lowest BCUT2D eigenvalue weighted by atomic mass is 10.0. The Labute approximate surface area is 111 Å². The Balaban J connectivity index is 2.36. The van der Waals surface area contributed by atoms with E-state index in [0.29, 0.717) is 6.54 Å². The van der Waals surface area contributed by atoms with Crippen molar-refractivity contribution in [2.24, 2.45) is 11.1 Å². The summed E-state index contributed by atoms with van der Waals surface area (Å²) in [6, 6.07) is -1.85. The van der Waals surface area contributed by atoms with Gasteiger partial charge in [0, 0.05) is 6.54 Å². The topological polar surface area (TPSA) is 122 Å². The molecular weight excluding hydrogens is 250 g/mol. The molecule has 1 unspecified atom stereocenters. The Hall–Kier alpha value is -1.79. The molecule has 1 rings (SSSR count). The van der Waals surface area contributed by atoms with E-state index in [1.54, 1.807) is 0 Å². The maximum Gasteiger partial charge on any atom is 0.326 e. The first kappa shape index (κ1) is 15.3.